The predicted molar refractivity (Wildman–Crippen MR) is 143 cm³/mol. The second kappa shape index (κ2) is 12.7. The van der Waals surface area contributed by atoms with Crippen LogP contribution < -0.4 is 10.2 Å². The molecule has 5 nitrogen and oxygen atoms in total. The normalized spacial score (nSPS) is 11.6. The molecule has 1 amide bonds. The Balaban J connectivity index is 1.50. The van der Waals surface area contributed by atoms with Gasteiger partial charge < -0.3 is 15.3 Å². The van der Waals surface area contributed by atoms with Crippen molar-refractivity contribution in [2.24, 2.45) is 5.92 Å². The molecule has 0 spiro atoms. The lowest BCUT2D eigenvalue weighted by molar-refractivity contribution is -0.142. The number of amides is 1. The van der Waals surface area contributed by atoms with Crippen LogP contribution in [0.25, 0.3) is 0 Å². The van der Waals surface area contributed by atoms with Gasteiger partial charge in [0.1, 0.15) is 0 Å². The van der Waals surface area contributed by atoms with E-state index in [0.29, 0.717) is 18.4 Å². The molecule has 5 heteroatoms. The molecule has 1 unspecified atom stereocenters. The van der Waals surface area contributed by atoms with Gasteiger partial charge in [-0.15, -0.1) is 0 Å². The van der Waals surface area contributed by atoms with Crippen molar-refractivity contribution < 1.29 is 14.7 Å². The first kappa shape index (κ1) is 26.0. The first-order valence-corrected chi connectivity index (χ1v) is 12.3. The lowest BCUT2D eigenvalue weighted by Gasteiger charge is -2.13. The Labute approximate surface area is 208 Å². The number of hydrogen-bond donors (Lipinski definition) is 2. The van der Waals surface area contributed by atoms with Crippen LogP contribution in [0.2, 0.25) is 0 Å². The molecule has 3 aromatic rings. The summed E-state index contributed by atoms with van der Waals surface area (Å²) in [6.07, 6.45) is 4.62. The molecule has 0 aliphatic rings. The van der Waals surface area contributed by atoms with Gasteiger partial charge in [0, 0.05) is 31.0 Å². The molecule has 1 atom stereocenters. The molecule has 35 heavy (non-hydrogen) atoms. The van der Waals surface area contributed by atoms with Crippen LogP contribution in [-0.2, 0) is 24.1 Å². The van der Waals surface area contributed by atoms with Gasteiger partial charge in [0.2, 0.25) is 0 Å². The molecule has 0 aliphatic carbocycles. The van der Waals surface area contributed by atoms with E-state index in [1.54, 1.807) is 0 Å². The highest BCUT2D eigenvalue weighted by Crippen LogP contribution is 2.20. The third-order valence-corrected chi connectivity index (χ3v) is 6.41. The van der Waals surface area contributed by atoms with E-state index in [0.717, 1.165) is 42.6 Å². The molecule has 184 valence electrons. The van der Waals surface area contributed by atoms with Crippen LogP contribution in [0, 0.1) is 5.92 Å². The van der Waals surface area contributed by atoms with Crippen LogP contribution in [0.1, 0.15) is 53.2 Å². The third kappa shape index (κ3) is 7.99. The molecule has 0 aromatic heterocycles. The second-order valence-electron chi connectivity index (χ2n) is 9.23. The van der Waals surface area contributed by atoms with Crippen LogP contribution in [0.4, 0.5) is 11.4 Å². The van der Waals surface area contributed by atoms with Crippen LogP contribution in [0.5, 0.6) is 0 Å². The van der Waals surface area contributed by atoms with Crippen LogP contribution >= 0.6 is 0 Å². The van der Waals surface area contributed by atoms with Gasteiger partial charge in [-0.3, -0.25) is 9.59 Å². The van der Waals surface area contributed by atoms with Crippen molar-refractivity contribution >= 4 is 23.3 Å². The minimum atomic E-state index is -0.725. The molecule has 0 heterocycles. The van der Waals surface area contributed by atoms with Gasteiger partial charge in [-0.25, -0.2) is 0 Å². The predicted octanol–water partition coefficient (Wildman–Crippen LogP) is 6.22. The van der Waals surface area contributed by atoms with Crippen molar-refractivity contribution in [2.45, 2.75) is 45.4 Å². The summed E-state index contributed by atoms with van der Waals surface area (Å²) in [6.45, 7) is 2.13. The van der Waals surface area contributed by atoms with Crippen molar-refractivity contribution in [1.82, 2.24) is 0 Å². The Morgan fingerprint density at radius 3 is 2.17 bits per heavy atom. The topological polar surface area (TPSA) is 69.6 Å². The van der Waals surface area contributed by atoms with E-state index in [-0.39, 0.29) is 11.8 Å². The van der Waals surface area contributed by atoms with Gasteiger partial charge in [-0.1, -0.05) is 43.3 Å². The highest BCUT2D eigenvalue weighted by Gasteiger charge is 2.17. The summed E-state index contributed by atoms with van der Waals surface area (Å²) in [4.78, 5) is 26.4. The van der Waals surface area contributed by atoms with Crippen molar-refractivity contribution in [3.05, 3.63) is 95.1 Å². The molecular weight excluding hydrogens is 436 g/mol. The molecule has 0 saturated carbocycles. The minimum Gasteiger partial charge on any atom is -0.481 e. The van der Waals surface area contributed by atoms with Crippen molar-refractivity contribution in [3.63, 3.8) is 0 Å². The standard InChI is InChI=1S/C30H36N2O3/c1-4-22-11-13-23(14-12-22)15-16-26(30(34)35)9-5-7-24-8-6-10-27(21-24)31-29(33)25-17-19-28(20-18-25)32(2)3/h6,8,10-14,17-21,26H,4-5,7,9,15-16H2,1-3H3,(H,31,33)(H,34,35). The zero-order valence-electron chi connectivity index (χ0n) is 21.0. The number of aliphatic carboxylic acids is 1. The Morgan fingerprint density at radius 1 is 0.857 bits per heavy atom. The molecule has 0 aliphatic heterocycles. The van der Waals surface area contributed by atoms with Gasteiger partial charge in [-0.2, -0.15) is 0 Å². The van der Waals surface area contributed by atoms with Crippen LogP contribution in [0.3, 0.4) is 0 Å². The van der Waals surface area contributed by atoms with Gasteiger partial charge in [0.25, 0.3) is 5.91 Å². The first-order valence-electron chi connectivity index (χ1n) is 12.3. The molecule has 2 N–H and O–H groups in total. The van der Waals surface area contributed by atoms with E-state index in [1.165, 1.54) is 11.1 Å². The maximum Gasteiger partial charge on any atom is 0.306 e. The fourth-order valence-electron chi connectivity index (χ4n) is 4.15. The molecule has 3 rings (SSSR count). The summed E-state index contributed by atoms with van der Waals surface area (Å²) < 4.78 is 0. The molecule has 3 aromatic carbocycles. The van der Waals surface area contributed by atoms with Crippen molar-refractivity contribution in [2.75, 3.05) is 24.3 Å². The number of rotatable bonds is 12. The Morgan fingerprint density at radius 2 is 1.54 bits per heavy atom. The SMILES string of the molecule is CCc1ccc(CCC(CCCc2cccc(NC(=O)c3ccc(N(C)C)cc3)c2)C(=O)O)cc1. The van der Waals surface area contributed by atoms with E-state index in [2.05, 4.69) is 36.5 Å². The number of nitrogens with zero attached hydrogens (tertiary/aromatic N) is 1. The number of carboxylic acids is 1. The van der Waals surface area contributed by atoms with E-state index >= 15 is 0 Å². The number of carbonyl (C=O) groups excluding carboxylic acids is 1. The summed E-state index contributed by atoms with van der Waals surface area (Å²) in [7, 11) is 3.93. The monoisotopic (exact) mass is 472 g/mol. The maximum atomic E-state index is 12.6. The fraction of sp³-hybridized carbons (Fsp3) is 0.333. The number of carbonyl (C=O) groups is 2. The first-order chi connectivity index (χ1) is 16.9. The number of hydrogen-bond acceptors (Lipinski definition) is 3. The number of aryl methyl sites for hydroxylation is 3. The zero-order valence-corrected chi connectivity index (χ0v) is 21.0. The van der Waals surface area contributed by atoms with Gasteiger partial charge in [-0.05, 0) is 91.6 Å². The molecule has 0 saturated heterocycles. The summed E-state index contributed by atoms with van der Waals surface area (Å²) in [5.41, 5.74) is 5.96. The lowest BCUT2D eigenvalue weighted by Crippen LogP contribution is -2.15. The Kier molecular flexibility index (Phi) is 9.47. The van der Waals surface area contributed by atoms with E-state index < -0.39 is 5.97 Å². The molecule has 0 radical (unpaired) electrons. The quantitative estimate of drug-likeness (QED) is 0.328. The third-order valence-electron chi connectivity index (χ3n) is 6.41. The second-order valence-corrected chi connectivity index (χ2v) is 9.23. The lowest BCUT2D eigenvalue weighted by atomic mass is 9.93. The highest BCUT2D eigenvalue weighted by atomic mass is 16.4. The van der Waals surface area contributed by atoms with E-state index in [9.17, 15) is 14.7 Å². The van der Waals surface area contributed by atoms with Gasteiger partial charge in [0.15, 0.2) is 0 Å². The number of carboxylic acid groups (broad SMARTS) is 1. The van der Waals surface area contributed by atoms with Crippen LogP contribution in [-0.4, -0.2) is 31.1 Å². The number of benzene rings is 3. The van der Waals surface area contributed by atoms with E-state index in [4.69, 9.17) is 0 Å². The molecular formula is C30H36N2O3. The largest absolute Gasteiger partial charge is 0.481 e. The summed E-state index contributed by atoms with van der Waals surface area (Å²) >= 11 is 0. The van der Waals surface area contributed by atoms with E-state index in [1.807, 2.05) is 67.5 Å². The van der Waals surface area contributed by atoms with Gasteiger partial charge in [0.05, 0.1) is 5.92 Å². The average Bonchev–Trinajstić information content (AvgIpc) is 2.86. The van der Waals surface area contributed by atoms with Crippen molar-refractivity contribution in [1.29, 1.82) is 0 Å². The Hall–Kier alpha value is -3.60. The summed E-state index contributed by atoms with van der Waals surface area (Å²) in [5, 5.41) is 12.6. The smallest absolute Gasteiger partial charge is 0.306 e. The highest BCUT2D eigenvalue weighted by molar-refractivity contribution is 6.04. The maximum absolute atomic E-state index is 12.6. The average molecular weight is 473 g/mol. The molecule has 0 bridgehead atoms. The van der Waals surface area contributed by atoms with Crippen LogP contribution in [0.15, 0.2) is 72.8 Å². The summed E-state index contributed by atoms with van der Waals surface area (Å²) in [6, 6.07) is 23.7. The number of nitrogens with one attached hydrogen (secondary N) is 1. The molecule has 0 fully saturated rings. The minimum absolute atomic E-state index is 0.148. The Bertz CT molecular complexity index is 1110. The van der Waals surface area contributed by atoms with Crippen molar-refractivity contribution in [3.8, 4) is 0 Å². The zero-order chi connectivity index (χ0) is 25.2. The fourth-order valence-corrected chi connectivity index (χ4v) is 4.15. The van der Waals surface area contributed by atoms with Gasteiger partial charge >= 0.3 is 5.97 Å². The summed E-state index contributed by atoms with van der Waals surface area (Å²) in [5.74, 6) is -1.23. The number of anilines is 2.